The fourth-order valence-electron chi connectivity index (χ4n) is 3.58. The number of hydrogen-bond acceptors (Lipinski definition) is 2. The van der Waals surface area contributed by atoms with Crippen molar-refractivity contribution in [1.82, 2.24) is 5.32 Å². The van der Waals surface area contributed by atoms with Gasteiger partial charge in [-0.05, 0) is 38.0 Å². The number of unbranched alkanes of at least 4 members (excludes halogenated alkanes) is 7. The molecule has 0 aliphatic rings. The van der Waals surface area contributed by atoms with Gasteiger partial charge in [0.1, 0.15) is 0 Å². The van der Waals surface area contributed by atoms with Crippen LogP contribution in [0.15, 0.2) is 0 Å². The predicted molar refractivity (Wildman–Crippen MR) is 114 cm³/mol. The van der Waals surface area contributed by atoms with E-state index >= 15 is 0 Å². The van der Waals surface area contributed by atoms with Crippen LogP contribution in [0.4, 0.5) is 0 Å². The zero-order valence-electron chi connectivity index (χ0n) is 18.1. The summed E-state index contributed by atoms with van der Waals surface area (Å²) in [5.74, 6) is 0. The first-order valence-electron chi connectivity index (χ1n) is 11.2. The lowest BCUT2D eigenvalue weighted by atomic mass is 9.61. The molecule has 0 heterocycles. The number of hydrogen-bond donors (Lipinski definition) is 2. The summed E-state index contributed by atoms with van der Waals surface area (Å²) in [6.45, 7) is 12.4. The smallest absolute Gasteiger partial charge is 0.293 e. The molecule has 0 fully saturated rings. The molecule has 2 unspecified atom stereocenters. The van der Waals surface area contributed by atoms with Crippen LogP contribution in [0.2, 0.25) is 5.31 Å². The molecule has 0 saturated carbocycles. The van der Waals surface area contributed by atoms with Crippen molar-refractivity contribution in [3.8, 4) is 0 Å². The quantitative estimate of drug-likeness (QED) is 0.214. The lowest BCUT2D eigenvalue weighted by Gasteiger charge is -2.32. The van der Waals surface area contributed by atoms with E-state index in [0.29, 0.717) is 5.54 Å². The Kier molecular flexibility index (Phi) is 15.1. The second-order valence-corrected chi connectivity index (χ2v) is 8.70. The van der Waals surface area contributed by atoms with E-state index in [9.17, 15) is 5.02 Å². The second-order valence-electron chi connectivity index (χ2n) is 8.70. The number of rotatable bonds is 18. The normalized spacial score (nSPS) is 16.4. The number of nitrogens with one attached hydrogen (secondary N) is 1. The molecule has 0 aromatic heterocycles. The van der Waals surface area contributed by atoms with Gasteiger partial charge < -0.3 is 10.3 Å². The van der Waals surface area contributed by atoms with E-state index in [2.05, 4.69) is 39.9 Å². The lowest BCUT2D eigenvalue weighted by Crippen LogP contribution is -2.43. The molecule has 1 radical (unpaired) electrons. The highest BCUT2D eigenvalue weighted by molar-refractivity contribution is 6.30. The van der Waals surface area contributed by atoms with Gasteiger partial charge in [0.25, 0.3) is 7.48 Å². The Labute approximate surface area is 160 Å². The molecule has 0 amide bonds. The summed E-state index contributed by atoms with van der Waals surface area (Å²) in [4.78, 5) is 0. The van der Waals surface area contributed by atoms with Crippen LogP contribution in [0, 0.1) is 0 Å². The molecule has 149 valence electrons. The first-order chi connectivity index (χ1) is 11.9. The van der Waals surface area contributed by atoms with E-state index in [0.717, 1.165) is 25.8 Å². The first kappa shape index (κ1) is 25.0. The molecular weight excluding hydrogens is 305 g/mol. The molecule has 0 spiro atoms. The molecule has 2 atom stereocenters. The largest absolute Gasteiger partial charge is 0.454 e. The summed E-state index contributed by atoms with van der Waals surface area (Å²) < 4.78 is 0. The van der Waals surface area contributed by atoms with Crippen molar-refractivity contribution in [3.05, 3.63) is 0 Å². The molecule has 0 rings (SSSR count). The van der Waals surface area contributed by atoms with Gasteiger partial charge >= 0.3 is 0 Å². The SMILES string of the molecule is CCCCCCCC(C)(CCCCCC)NCCCC(C)([B]O)CC. The molecule has 0 saturated heterocycles. The van der Waals surface area contributed by atoms with Gasteiger partial charge in [-0.25, -0.2) is 0 Å². The van der Waals surface area contributed by atoms with Crippen LogP contribution in [0.25, 0.3) is 0 Å². The zero-order chi connectivity index (χ0) is 19.0. The summed E-state index contributed by atoms with van der Waals surface area (Å²) in [5, 5.41) is 13.3. The maximum atomic E-state index is 9.45. The van der Waals surface area contributed by atoms with Gasteiger partial charge in [0.2, 0.25) is 0 Å². The third-order valence-corrected chi connectivity index (χ3v) is 6.01. The van der Waals surface area contributed by atoms with E-state index in [1.54, 1.807) is 0 Å². The van der Waals surface area contributed by atoms with E-state index < -0.39 is 0 Å². The highest BCUT2D eigenvalue weighted by Crippen LogP contribution is 2.33. The minimum atomic E-state index is -0.0145. The predicted octanol–water partition coefficient (Wildman–Crippen LogP) is 6.65. The second kappa shape index (κ2) is 15.1. The maximum Gasteiger partial charge on any atom is 0.293 e. The average molecular weight is 352 g/mol. The Balaban J connectivity index is 4.26. The van der Waals surface area contributed by atoms with Crippen LogP contribution < -0.4 is 5.32 Å². The molecule has 0 aliphatic carbocycles. The summed E-state index contributed by atoms with van der Waals surface area (Å²) >= 11 is 0. The molecular formula is C22H47BNO. The van der Waals surface area contributed by atoms with Crippen LogP contribution in [-0.4, -0.2) is 24.6 Å². The molecule has 0 bridgehead atoms. The Bertz CT molecular complexity index is 294. The van der Waals surface area contributed by atoms with Crippen molar-refractivity contribution in [1.29, 1.82) is 0 Å². The van der Waals surface area contributed by atoms with Crippen molar-refractivity contribution in [2.24, 2.45) is 0 Å². The fourth-order valence-corrected chi connectivity index (χ4v) is 3.58. The summed E-state index contributed by atoms with van der Waals surface area (Å²) in [5.41, 5.74) is 0.297. The fraction of sp³-hybridized carbons (Fsp3) is 1.00. The minimum Gasteiger partial charge on any atom is -0.454 e. The van der Waals surface area contributed by atoms with Crippen LogP contribution >= 0.6 is 0 Å². The lowest BCUT2D eigenvalue weighted by molar-refractivity contribution is 0.282. The van der Waals surface area contributed by atoms with Gasteiger partial charge in [-0.2, -0.15) is 0 Å². The van der Waals surface area contributed by atoms with Crippen molar-refractivity contribution >= 4 is 7.48 Å². The molecule has 25 heavy (non-hydrogen) atoms. The van der Waals surface area contributed by atoms with Crippen molar-refractivity contribution < 1.29 is 5.02 Å². The standard InChI is InChI=1S/C22H47BNO/c1-6-9-11-13-15-19-22(5,18-14-12-10-7-2)24-20-16-17-21(4,8-3)23-25/h24-25H,6-20H2,1-5H3. The molecule has 0 aliphatic heterocycles. The average Bonchev–Trinajstić information content (AvgIpc) is 2.62. The monoisotopic (exact) mass is 352 g/mol. The highest BCUT2D eigenvalue weighted by atomic mass is 16.2. The van der Waals surface area contributed by atoms with Gasteiger partial charge in [0.05, 0.1) is 0 Å². The Hall–Kier alpha value is -0.0151. The third-order valence-electron chi connectivity index (χ3n) is 6.01. The van der Waals surface area contributed by atoms with Gasteiger partial charge in [-0.15, -0.1) is 0 Å². The molecule has 2 nitrogen and oxygen atoms in total. The van der Waals surface area contributed by atoms with Crippen LogP contribution in [0.1, 0.15) is 125 Å². The van der Waals surface area contributed by atoms with E-state index in [-0.39, 0.29) is 5.31 Å². The van der Waals surface area contributed by atoms with Gasteiger partial charge in [0, 0.05) is 5.54 Å². The van der Waals surface area contributed by atoms with E-state index in [1.807, 2.05) is 0 Å². The minimum absolute atomic E-state index is 0.0145. The van der Waals surface area contributed by atoms with Gasteiger partial charge in [-0.1, -0.05) is 98.3 Å². The zero-order valence-corrected chi connectivity index (χ0v) is 18.1. The molecule has 3 heteroatoms. The molecule has 0 aromatic carbocycles. The summed E-state index contributed by atoms with van der Waals surface area (Å²) in [6, 6.07) is 0. The van der Waals surface area contributed by atoms with Crippen molar-refractivity contribution in [2.45, 2.75) is 135 Å². The summed E-state index contributed by atoms with van der Waals surface area (Å²) in [7, 11) is 1.41. The Morgan fingerprint density at radius 1 is 0.720 bits per heavy atom. The van der Waals surface area contributed by atoms with Crippen molar-refractivity contribution in [2.75, 3.05) is 6.54 Å². The third kappa shape index (κ3) is 12.9. The maximum absolute atomic E-state index is 9.45. The topological polar surface area (TPSA) is 32.3 Å². The van der Waals surface area contributed by atoms with Crippen LogP contribution in [-0.2, 0) is 0 Å². The Morgan fingerprint density at radius 2 is 1.24 bits per heavy atom. The van der Waals surface area contributed by atoms with Crippen LogP contribution in [0.3, 0.4) is 0 Å². The molecule has 0 aromatic rings. The summed E-state index contributed by atoms with van der Waals surface area (Å²) in [6.07, 6.45) is 18.1. The van der Waals surface area contributed by atoms with Gasteiger partial charge in [-0.3, -0.25) is 0 Å². The first-order valence-corrected chi connectivity index (χ1v) is 11.2. The van der Waals surface area contributed by atoms with Gasteiger partial charge in [0.15, 0.2) is 0 Å². The van der Waals surface area contributed by atoms with Crippen LogP contribution in [0.5, 0.6) is 0 Å². The highest BCUT2D eigenvalue weighted by Gasteiger charge is 2.25. The van der Waals surface area contributed by atoms with E-state index in [4.69, 9.17) is 0 Å². The molecule has 2 N–H and O–H groups in total. The van der Waals surface area contributed by atoms with E-state index in [1.165, 1.54) is 78.1 Å². The Morgan fingerprint density at radius 3 is 1.72 bits per heavy atom. The van der Waals surface area contributed by atoms with Crippen molar-refractivity contribution in [3.63, 3.8) is 0 Å².